The molecule has 0 N–H and O–H groups in total. The molecule has 0 amide bonds. The molecule has 1 atom stereocenters. The predicted molar refractivity (Wildman–Crippen MR) is 141 cm³/mol. The Kier molecular flexibility index (Phi) is 5.15. The highest BCUT2D eigenvalue weighted by atomic mass is 16.5. The van der Waals surface area contributed by atoms with Gasteiger partial charge in [0.1, 0.15) is 11.5 Å². The van der Waals surface area contributed by atoms with Crippen molar-refractivity contribution in [3.05, 3.63) is 143 Å². The lowest BCUT2D eigenvalue weighted by molar-refractivity contribution is -0.133. The van der Waals surface area contributed by atoms with Crippen LogP contribution in [-0.4, -0.2) is 11.9 Å². The molecule has 6 rings (SSSR count). The number of carbonyl (C=O) groups excluding carboxylic acids is 2. The number of hydrogen-bond donors (Lipinski definition) is 0. The summed E-state index contributed by atoms with van der Waals surface area (Å²) in [6, 6.07) is 11.9. The molecule has 0 bridgehead atoms. The first-order valence-electron chi connectivity index (χ1n) is 11.7. The lowest BCUT2D eigenvalue weighted by atomic mass is 9.66. The van der Waals surface area contributed by atoms with Crippen LogP contribution >= 0.6 is 0 Å². The second-order valence-corrected chi connectivity index (χ2v) is 8.87. The normalized spacial score (nSPS) is 19.2. The van der Waals surface area contributed by atoms with E-state index >= 15 is 0 Å². The molecule has 0 heterocycles. The summed E-state index contributed by atoms with van der Waals surface area (Å²) in [7, 11) is 0. The zero-order valence-electron chi connectivity index (χ0n) is 19.5. The average Bonchev–Trinajstić information content (AvgIpc) is 2.91. The van der Waals surface area contributed by atoms with E-state index in [1.807, 2.05) is 30.4 Å². The Morgan fingerprint density at radius 1 is 0.944 bits per heavy atom. The summed E-state index contributed by atoms with van der Waals surface area (Å²) in [6.45, 7) is 7.01. The number of carbonyl (C=O) groups is 2. The van der Waals surface area contributed by atoms with Gasteiger partial charge in [0.05, 0.1) is 0 Å². The highest BCUT2D eigenvalue weighted by Gasteiger charge is 2.38. The Balaban J connectivity index is 1.54. The van der Waals surface area contributed by atoms with Gasteiger partial charge in [-0.3, -0.25) is 0 Å². The van der Waals surface area contributed by atoms with Crippen molar-refractivity contribution in [3.63, 3.8) is 0 Å². The van der Waals surface area contributed by atoms with Crippen molar-refractivity contribution in [3.8, 4) is 5.75 Å². The molecule has 0 fully saturated rings. The fourth-order valence-corrected chi connectivity index (χ4v) is 5.36. The molecule has 0 radical (unpaired) electrons. The number of ether oxygens (including phenoxy) is 2. The van der Waals surface area contributed by atoms with Gasteiger partial charge in [-0.15, -0.1) is 0 Å². The van der Waals surface area contributed by atoms with Crippen LogP contribution < -0.4 is 4.74 Å². The smallest absolute Gasteiger partial charge is 0.335 e. The minimum atomic E-state index is -0.489. The molecule has 1 unspecified atom stereocenters. The fraction of sp³-hybridized carbons (Fsp3) is 0.0625. The third kappa shape index (κ3) is 3.46. The van der Waals surface area contributed by atoms with E-state index < -0.39 is 11.9 Å². The first kappa shape index (κ1) is 21.8. The SMILES string of the molecule is C=CC(=O)OC1=CC=C2C=C(c3cccc4ccc(OC(=O)C=C)cc34)C3=C4C(=CC=C1C24)C=CC3. The molecule has 4 aliphatic carbocycles. The Hall–Kier alpha value is -4.70. The monoisotopic (exact) mass is 470 g/mol. The number of fused-ring (bicyclic) bond motifs is 1. The largest absolute Gasteiger partial charge is 0.423 e. The lowest BCUT2D eigenvalue weighted by Crippen LogP contribution is -2.25. The van der Waals surface area contributed by atoms with Crippen LogP contribution in [0.25, 0.3) is 16.3 Å². The summed E-state index contributed by atoms with van der Waals surface area (Å²) < 4.78 is 11.0. The number of allylic oxidation sites excluding steroid dienone is 13. The zero-order valence-corrected chi connectivity index (χ0v) is 19.5. The first-order valence-corrected chi connectivity index (χ1v) is 11.7. The second-order valence-electron chi connectivity index (χ2n) is 8.87. The molecule has 174 valence electrons. The van der Waals surface area contributed by atoms with Crippen LogP contribution in [0.2, 0.25) is 0 Å². The molecule has 0 saturated carbocycles. The summed E-state index contributed by atoms with van der Waals surface area (Å²) in [5.41, 5.74) is 7.98. The van der Waals surface area contributed by atoms with Crippen molar-refractivity contribution in [1.29, 1.82) is 0 Å². The van der Waals surface area contributed by atoms with E-state index in [0.717, 1.165) is 45.6 Å². The summed E-state index contributed by atoms with van der Waals surface area (Å²) in [4.78, 5) is 23.8. The third-order valence-corrected chi connectivity index (χ3v) is 6.88. The number of hydrogen-bond acceptors (Lipinski definition) is 4. The average molecular weight is 471 g/mol. The molecule has 4 heteroatoms. The third-order valence-electron chi connectivity index (χ3n) is 6.88. The van der Waals surface area contributed by atoms with Crippen LogP contribution in [0.4, 0.5) is 0 Å². The zero-order chi connectivity index (χ0) is 24.8. The maximum Gasteiger partial charge on any atom is 0.335 e. The van der Waals surface area contributed by atoms with Crippen LogP contribution in [0.15, 0.2) is 138 Å². The van der Waals surface area contributed by atoms with E-state index in [-0.39, 0.29) is 5.92 Å². The van der Waals surface area contributed by atoms with Crippen LogP contribution in [0, 0.1) is 5.92 Å². The summed E-state index contributed by atoms with van der Waals surface area (Å²) in [5.74, 6) is 0.0818. The van der Waals surface area contributed by atoms with E-state index in [2.05, 4.69) is 55.7 Å². The van der Waals surface area contributed by atoms with Gasteiger partial charge < -0.3 is 9.47 Å². The molecular formula is C32H22O4. The topological polar surface area (TPSA) is 52.6 Å². The van der Waals surface area contributed by atoms with Gasteiger partial charge in [0, 0.05) is 23.6 Å². The van der Waals surface area contributed by atoms with Crippen LogP contribution in [0.5, 0.6) is 5.75 Å². The van der Waals surface area contributed by atoms with Gasteiger partial charge >= 0.3 is 11.9 Å². The second kappa shape index (κ2) is 8.51. The van der Waals surface area contributed by atoms with E-state index in [1.165, 1.54) is 22.8 Å². The molecule has 4 nitrogen and oxygen atoms in total. The van der Waals surface area contributed by atoms with E-state index in [1.54, 1.807) is 6.07 Å². The van der Waals surface area contributed by atoms with Gasteiger partial charge in [-0.05, 0) is 74.9 Å². The lowest BCUT2D eigenvalue weighted by Gasteiger charge is -2.38. The van der Waals surface area contributed by atoms with Crippen molar-refractivity contribution >= 4 is 28.3 Å². The molecule has 0 aliphatic heterocycles. The van der Waals surface area contributed by atoms with Crippen molar-refractivity contribution in [2.75, 3.05) is 0 Å². The van der Waals surface area contributed by atoms with Gasteiger partial charge in [0.2, 0.25) is 0 Å². The predicted octanol–water partition coefficient (Wildman–Crippen LogP) is 6.62. The molecule has 36 heavy (non-hydrogen) atoms. The van der Waals surface area contributed by atoms with Crippen molar-refractivity contribution in [2.24, 2.45) is 5.92 Å². The van der Waals surface area contributed by atoms with Crippen LogP contribution in [0.1, 0.15) is 12.0 Å². The number of esters is 2. The summed E-state index contributed by atoms with van der Waals surface area (Å²) in [5, 5.41) is 2.06. The van der Waals surface area contributed by atoms with Gasteiger partial charge in [-0.1, -0.05) is 67.8 Å². The van der Waals surface area contributed by atoms with Crippen molar-refractivity contribution < 1.29 is 19.1 Å². The number of benzene rings is 2. The molecule has 0 saturated heterocycles. The van der Waals surface area contributed by atoms with Gasteiger partial charge in [0.25, 0.3) is 0 Å². The summed E-state index contributed by atoms with van der Waals surface area (Å²) in [6.07, 6.45) is 17.7. The van der Waals surface area contributed by atoms with Crippen molar-refractivity contribution in [2.45, 2.75) is 6.42 Å². The van der Waals surface area contributed by atoms with Crippen LogP contribution in [-0.2, 0) is 14.3 Å². The van der Waals surface area contributed by atoms with Crippen molar-refractivity contribution in [1.82, 2.24) is 0 Å². The van der Waals surface area contributed by atoms with Crippen LogP contribution in [0.3, 0.4) is 0 Å². The minimum Gasteiger partial charge on any atom is -0.423 e. The van der Waals surface area contributed by atoms with E-state index in [0.29, 0.717) is 11.5 Å². The maximum atomic E-state index is 12.0. The quantitative estimate of drug-likeness (QED) is 0.280. The van der Waals surface area contributed by atoms with Gasteiger partial charge in [-0.25, -0.2) is 9.59 Å². The molecule has 2 aromatic rings. The molecule has 0 aromatic heterocycles. The van der Waals surface area contributed by atoms with E-state index in [4.69, 9.17) is 9.47 Å². The molecule has 2 aromatic carbocycles. The highest BCUT2D eigenvalue weighted by molar-refractivity contribution is 6.01. The first-order chi connectivity index (χ1) is 17.6. The summed E-state index contributed by atoms with van der Waals surface area (Å²) >= 11 is 0. The Labute approximate surface area is 208 Å². The highest BCUT2D eigenvalue weighted by Crippen LogP contribution is 2.52. The Bertz CT molecular complexity index is 1610. The van der Waals surface area contributed by atoms with E-state index in [9.17, 15) is 9.59 Å². The number of rotatable bonds is 5. The minimum absolute atomic E-state index is 0.00500. The van der Waals surface area contributed by atoms with Gasteiger partial charge in [0.15, 0.2) is 0 Å². The Morgan fingerprint density at radius 2 is 1.78 bits per heavy atom. The van der Waals surface area contributed by atoms with Gasteiger partial charge in [-0.2, -0.15) is 0 Å². The molecule has 4 aliphatic rings. The molecule has 0 spiro atoms. The standard InChI is InChI=1S/C32H22O4/c1-3-29(33)35-22-14-11-19-7-5-9-23(26(19)18-22)27-17-21-13-16-28(36-30(34)4-2)25-15-12-20-8-6-10-24(27)31(20)32(21)25/h3-9,11-18,32H,1-2,10H2. The molecular weight excluding hydrogens is 448 g/mol. The maximum absolute atomic E-state index is 12.0. The fourth-order valence-electron chi connectivity index (χ4n) is 5.36. The Morgan fingerprint density at radius 3 is 2.61 bits per heavy atom.